The van der Waals surface area contributed by atoms with Gasteiger partial charge < -0.3 is 5.32 Å². The summed E-state index contributed by atoms with van der Waals surface area (Å²) in [7, 11) is 0. The lowest BCUT2D eigenvalue weighted by molar-refractivity contribution is -0.145. The summed E-state index contributed by atoms with van der Waals surface area (Å²) in [6, 6.07) is 13.3. The molecule has 2 heterocycles. The van der Waals surface area contributed by atoms with Crippen LogP contribution in [0.4, 0.5) is 23.5 Å². The Morgan fingerprint density at radius 3 is 2.32 bits per heavy atom. The molecule has 1 atom stereocenters. The zero-order chi connectivity index (χ0) is 19.9. The molecule has 1 aliphatic rings. The maximum absolute atomic E-state index is 13.2. The normalized spacial score (nSPS) is 16.0. The molecule has 0 saturated heterocycles. The number of nitrogens with zero attached hydrogens (tertiary/aromatic N) is 4. The number of fused-ring (bicyclic) bond motifs is 1. The highest BCUT2D eigenvalue weighted by Gasteiger charge is 2.39. The first-order valence-electron chi connectivity index (χ1n) is 8.14. The number of benzene rings is 2. The highest BCUT2D eigenvalue weighted by molar-refractivity contribution is 5.77. The number of hydrogen-bond acceptors (Lipinski definition) is 4. The van der Waals surface area contributed by atoms with Crippen molar-refractivity contribution in [3.63, 3.8) is 0 Å². The summed E-state index contributed by atoms with van der Waals surface area (Å²) in [5.74, 6) is -1.77. The van der Waals surface area contributed by atoms with E-state index in [-0.39, 0.29) is 5.95 Å². The monoisotopic (exact) mass is 385 g/mol. The molecule has 0 bridgehead atoms. The second-order valence-corrected chi connectivity index (χ2v) is 6.09. The lowest BCUT2D eigenvalue weighted by atomic mass is 10.0. The number of alkyl halides is 3. The summed E-state index contributed by atoms with van der Waals surface area (Å²) in [5, 5.41) is 15.4. The Bertz CT molecular complexity index is 1090. The molecule has 140 valence electrons. The van der Waals surface area contributed by atoms with Crippen molar-refractivity contribution in [3.05, 3.63) is 82.9 Å². The minimum absolute atomic E-state index is 0.0801. The smallest absolute Gasteiger partial charge is 0.324 e. The summed E-state index contributed by atoms with van der Waals surface area (Å²) in [5.41, 5.74) is 2.11. The lowest BCUT2D eigenvalue weighted by Gasteiger charge is -2.24. The van der Waals surface area contributed by atoms with Crippen LogP contribution in [-0.4, -0.2) is 14.8 Å². The number of nitriles is 1. The van der Waals surface area contributed by atoms with Gasteiger partial charge in [-0.2, -0.15) is 23.4 Å². The predicted octanol–water partition coefficient (Wildman–Crippen LogP) is 4.36. The maximum atomic E-state index is 13.2. The molecule has 5 nitrogen and oxygen atoms in total. The van der Waals surface area contributed by atoms with E-state index < -0.39 is 23.9 Å². The van der Waals surface area contributed by atoms with Gasteiger partial charge in [-0.1, -0.05) is 12.1 Å². The van der Waals surface area contributed by atoms with E-state index in [4.69, 9.17) is 5.26 Å². The van der Waals surface area contributed by atoms with E-state index in [0.717, 1.165) is 4.68 Å². The van der Waals surface area contributed by atoms with Crippen LogP contribution in [0.15, 0.2) is 54.6 Å². The standard InChI is InChI=1S/C19H11F4N5/c20-14-7-5-12(6-8-14)15-9-16(13-3-1-11(10-24)2-4-13)28-18(25-15)26-17(27-28)19(21,22)23/h1-9,16H,(H,25,26,27)/t16-/m0/s1. The summed E-state index contributed by atoms with van der Waals surface area (Å²) in [4.78, 5) is 3.57. The van der Waals surface area contributed by atoms with Crippen molar-refractivity contribution in [1.29, 1.82) is 5.26 Å². The van der Waals surface area contributed by atoms with E-state index in [1.165, 1.54) is 24.3 Å². The summed E-state index contributed by atoms with van der Waals surface area (Å²) < 4.78 is 53.7. The Morgan fingerprint density at radius 1 is 1.04 bits per heavy atom. The molecule has 0 spiro atoms. The van der Waals surface area contributed by atoms with Crippen molar-refractivity contribution in [3.8, 4) is 6.07 Å². The van der Waals surface area contributed by atoms with E-state index in [2.05, 4.69) is 15.4 Å². The summed E-state index contributed by atoms with van der Waals surface area (Å²) >= 11 is 0. The van der Waals surface area contributed by atoms with Crippen molar-refractivity contribution in [1.82, 2.24) is 14.8 Å². The van der Waals surface area contributed by atoms with Crippen molar-refractivity contribution in [2.75, 3.05) is 5.32 Å². The second-order valence-electron chi connectivity index (χ2n) is 6.09. The summed E-state index contributed by atoms with van der Waals surface area (Å²) in [6.07, 6.45) is -3.02. The molecular weight excluding hydrogens is 374 g/mol. The van der Waals surface area contributed by atoms with E-state index in [0.29, 0.717) is 22.4 Å². The van der Waals surface area contributed by atoms with E-state index in [1.807, 2.05) is 6.07 Å². The molecule has 0 amide bonds. The van der Waals surface area contributed by atoms with Gasteiger partial charge in [0.15, 0.2) is 0 Å². The molecule has 9 heteroatoms. The van der Waals surface area contributed by atoms with E-state index >= 15 is 0 Å². The van der Waals surface area contributed by atoms with Crippen LogP contribution in [0, 0.1) is 17.1 Å². The van der Waals surface area contributed by atoms with Crippen LogP contribution >= 0.6 is 0 Å². The van der Waals surface area contributed by atoms with Crippen LogP contribution in [0.2, 0.25) is 0 Å². The third kappa shape index (κ3) is 3.20. The molecular formula is C19H11F4N5. The largest absolute Gasteiger partial charge is 0.453 e. The van der Waals surface area contributed by atoms with Crippen molar-refractivity contribution >= 4 is 11.6 Å². The molecule has 28 heavy (non-hydrogen) atoms. The molecule has 1 aromatic heterocycles. The maximum Gasteiger partial charge on any atom is 0.453 e. The highest BCUT2D eigenvalue weighted by Crippen LogP contribution is 2.35. The van der Waals surface area contributed by atoms with Crippen LogP contribution in [0.3, 0.4) is 0 Å². The average molecular weight is 385 g/mol. The van der Waals surface area contributed by atoms with E-state index in [9.17, 15) is 17.6 Å². The van der Waals surface area contributed by atoms with Gasteiger partial charge in [-0.05, 0) is 53.6 Å². The Hall–Kier alpha value is -3.67. The molecule has 0 aliphatic carbocycles. The first kappa shape index (κ1) is 17.7. The topological polar surface area (TPSA) is 66.5 Å². The van der Waals surface area contributed by atoms with Crippen molar-refractivity contribution < 1.29 is 17.6 Å². The number of allylic oxidation sites excluding steroid dienone is 1. The van der Waals surface area contributed by atoms with Gasteiger partial charge in [-0.3, -0.25) is 0 Å². The number of aromatic nitrogens is 3. The van der Waals surface area contributed by atoms with Crippen LogP contribution in [0.1, 0.15) is 28.6 Å². The van der Waals surface area contributed by atoms with Gasteiger partial charge in [-0.15, -0.1) is 5.10 Å². The molecule has 1 N–H and O–H groups in total. The first-order chi connectivity index (χ1) is 13.3. The van der Waals surface area contributed by atoms with Gasteiger partial charge >= 0.3 is 6.18 Å². The third-order valence-electron chi connectivity index (χ3n) is 4.26. The van der Waals surface area contributed by atoms with Gasteiger partial charge in [-0.25, -0.2) is 9.07 Å². The number of rotatable bonds is 2. The Balaban J connectivity index is 1.83. The van der Waals surface area contributed by atoms with E-state index in [1.54, 1.807) is 30.3 Å². The quantitative estimate of drug-likeness (QED) is 0.666. The fourth-order valence-electron chi connectivity index (χ4n) is 2.90. The zero-order valence-electron chi connectivity index (χ0n) is 14.1. The van der Waals surface area contributed by atoms with Crippen LogP contribution in [0.25, 0.3) is 5.70 Å². The molecule has 2 aromatic carbocycles. The molecule has 0 fully saturated rings. The van der Waals surface area contributed by atoms with Gasteiger partial charge in [0.25, 0.3) is 5.82 Å². The van der Waals surface area contributed by atoms with Crippen LogP contribution in [-0.2, 0) is 6.18 Å². The lowest BCUT2D eigenvalue weighted by Crippen LogP contribution is -2.20. The van der Waals surface area contributed by atoms with Gasteiger partial charge in [0, 0.05) is 5.70 Å². The minimum atomic E-state index is -4.70. The Labute approximate surface area is 156 Å². The van der Waals surface area contributed by atoms with Gasteiger partial charge in [0.05, 0.1) is 11.6 Å². The molecule has 1 aliphatic heterocycles. The van der Waals surface area contributed by atoms with Crippen molar-refractivity contribution in [2.45, 2.75) is 12.2 Å². The number of halogens is 4. The second kappa shape index (κ2) is 6.49. The average Bonchev–Trinajstić information content (AvgIpc) is 3.13. The fourth-order valence-corrected chi connectivity index (χ4v) is 2.90. The van der Waals surface area contributed by atoms with Crippen molar-refractivity contribution in [2.24, 2.45) is 0 Å². The van der Waals surface area contributed by atoms with Gasteiger partial charge in [0.1, 0.15) is 11.9 Å². The SMILES string of the molecule is N#Cc1ccc([C@@H]2C=C(c3ccc(F)cc3)Nc3nc(C(F)(F)F)nn32)cc1. The Kier molecular flexibility index (Phi) is 4.11. The summed E-state index contributed by atoms with van der Waals surface area (Å²) in [6.45, 7) is 0. The molecule has 0 unspecified atom stereocenters. The Morgan fingerprint density at radius 2 is 1.71 bits per heavy atom. The minimum Gasteiger partial charge on any atom is -0.324 e. The third-order valence-corrected chi connectivity index (χ3v) is 4.26. The molecule has 3 aromatic rings. The highest BCUT2D eigenvalue weighted by atomic mass is 19.4. The first-order valence-corrected chi connectivity index (χ1v) is 8.14. The van der Waals surface area contributed by atoms with Gasteiger partial charge in [0.2, 0.25) is 5.95 Å². The van der Waals surface area contributed by atoms with Crippen LogP contribution < -0.4 is 5.32 Å². The number of anilines is 1. The predicted molar refractivity (Wildman–Crippen MR) is 92.3 cm³/mol. The molecule has 0 radical (unpaired) electrons. The molecule has 4 rings (SSSR count). The van der Waals surface area contributed by atoms with Crippen LogP contribution in [0.5, 0.6) is 0 Å². The zero-order valence-corrected chi connectivity index (χ0v) is 14.1. The number of nitrogens with one attached hydrogen (secondary N) is 1. The molecule has 0 saturated carbocycles. The fraction of sp³-hybridized carbons (Fsp3) is 0.105. The number of hydrogen-bond donors (Lipinski definition) is 1.